The third-order valence-electron chi connectivity index (χ3n) is 2.71. The van der Waals surface area contributed by atoms with E-state index in [-0.39, 0.29) is 6.10 Å². The Hall–Kier alpha value is -0.910. The molecule has 16 heavy (non-hydrogen) atoms. The maximum absolute atomic E-state index is 5.53. The molecule has 1 fully saturated rings. The van der Waals surface area contributed by atoms with Gasteiger partial charge in [-0.15, -0.1) is 0 Å². The van der Waals surface area contributed by atoms with E-state index in [1.807, 2.05) is 19.3 Å². The van der Waals surface area contributed by atoms with Gasteiger partial charge in [0.1, 0.15) is 5.82 Å². The summed E-state index contributed by atoms with van der Waals surface area (Å²) in [5.74, 6) is 1.05. The normalized spacial score (nSPS) is 21.2. The molecule has 90 valence electrons. The molecular weight excluding hydrogens is 206 g/mol. The molecule has 5 nitrogen and oxygen atoms in total. The fourth-order valence-corrected chi connectivity index (χ4v) is 1.76. The SMILES string of the molecule is Cc1nccn1CCNCC1COCCO1. The van der Waals surface area contributed by atoms with Gasteiger partial charge in [-0.2, -0.15) is 0 Å². The second-order valence-electron chi connectivity index (χ2n) is 3.94. The van der Waals surface area contributed by atoms with E-state index < -0.39 is 0 Å². The van der Waals surface area contributed by atoms with Gasteiger partial charge in [0.05, 0.1) is 25.9 Å². The number of hydrogen-bond donors (Lipinski definition) is 1. The van der Waals surface area contributed by atoms with Crippen molar-refractivity contribution in [3.05, 3.63) is 18.2 Å². The second kappa shape index (κ2) is 5.98. The van der Waals surface area contributed by atoms with Gasteiger partial charge in [0.25, 0.3) is 0 Å². The van der Waals surface area contributed by atoms with E-state index in [4.69, 9.17) is 9.47 Å². The van der Waals surface area contributed by atoms with E-state index in [1.165, 1.54) is 0 Å². The molecule has 1 aliphatic rings. The van der Waals surface area contributed by atoms with Crippen LogP contribution < -0.4 is 5.32 Å². The monoisotopic (exact) mass is 225 g/mol. The summed E-state index contributed by atoms with van der Waals surface area (Å²) in [7, 11) is 0. The molecule has 0 saturated carbocycles. The van der Waals surface area contributed by atoms with Crippen molar-refractivity contribution in [3.63, 3.8) is 0 Å². The average Bonchev–Trinajstić information content (AvgIpc) is 2.72. The smallest absolute Gasteiger partial charge is 0.105 e. The Morgan fingerprint density at radius 2 is 2.50 bits per heavy atom. The highest BCUT2D eigenvalue weighted by Crippen LogP contribution is 1.99. The molecule has 1 aromatic rings. The number of hydrogen-bond acceptors (Lipinski definition) is 4. The zero-order chi connectivity index (χ0) is 11.2. The number of ether oxygens (including phenoxy) is 2. The van der Waals surface area contributed by atoms with Gasteiger partial charge in [-0.1, -0.05) is 0 Å². The van der Waals surface area contributed by atoms with Gasteiger partial charge >= 0.3 is 0 Å². The van der Waals surface area contributed by atoms with Crippen molar-refractivity contribution in [2.75, 3.05) is 32.9 Å². The van der Waals surface area contributed by atoms with Crippen molar-refractivity contribution in [1.82, 2.24) is 14.9 Å². The van der Waals surface area contributed by atoms with E-state index >= 15 is 0 Å². The van der Waals surface area contributed by atoms with Crippen LogP contribution in [-0.4, -0.2) is 48.6 Å². The number of nitrogens with one attached hydrogen (secondary N) is 1. The Balaban J connectivity index is 1.59. The quantitative estimate of drug-likeness (QED) is 0.727. The third-order valence-corrected chi connectivity index (χ3v) is 2.71. The lowest BCUT2D eigenvalue weighted by Crippen LogP contribution is -2.38. The van der Waals surface area contributed by atoms with Crippen LogP contribution in [0.2, 0.25) is 0 Å². The minimum Gasteiger partial charge on any atom is -0.376 e. The third kappa shape index (κ3) is 3.30. The fraction of sp³-hybridized carbons (Fsp3) is 0.727. The first-order valence-electron chi connectivity index (χ1n) is 5.74. The van der Waals surface area contributed by atoms with Crippen molar-refractivity contribution < 1.29 is 9.47 Å². The molecule has 2 rings (SSSR count). The topological polar surface area (TPSA) is 48.3 Å². The van der Waals surface area contributed by atoms with Gasteiger partial charge < -0.3 is 19.4 Å². The minimum absolute atomic E-state index is 0.206. The van der Waals surface area contributed by atoms with Crippen molar-refractivity contribution in [1.29, 1.82) is 0 Å². The highest BCUT2D eigenvalue weighted by molar-refractivity contribution is 4.88. The molecule has 0 aliphatic carbocycles. The molecule has 0 aromatic carbocycles. The molecule has 5 heteroatoms. The van der Waals surface area contributed by atoms with Gasteiger partial charge in [-0.25, -0.2) is 4.98 Å². The predicted molar refractivity (Wildman–Crippen MR) is 60.4 cm³/mol. The number of aryl methyl sites for hydroxylation is 1. The van der Waals surface area contributed by atoms with Gasteiger partial charge in [-0.05, 0) is 6.92 Å². The molecule has 1 atom stereocenters. The fourth-order valence-electron chi connectivity index (χ4n) is 1.76. The second-order valence-corrected chi connectivity index (χ2v) is 3.94. The summed E-state index contributed by atoms with van der Waals surface area (Å²) in [6.45, 7) is 6.89. The summed E-state index contributed by atoms with van der Waals surface area (Å²) in [4.78, 5) is 4.18. The number of aromatic nitrogens is 2. The zero-order valence-electron chi connectivity index (χ0n) is 9.69. The Morgan fingerprint density at radius 1 is 1.56 bits per heavy atom. The van der Waals surface area contributed by atoms with E-state index in [0.717, 1.165) is 32.1 Å². The number of nitrogens with zero attached hydrogens (tertiary/aromatic N) is 2. The van der Waals surface area contributed by atoms with Crippen molar-refractivity contribution >= 4 is 0 Å². The Labute approximate surface area is 95.8 Å². The molecule has 1 aliphatic heterocycles. The number of imidazole rings is 1. The first-order valence-corrected chi connectivity index (χ1v) is 5.74. The van der Waals surface area contributed by atoms with Crippen LogP contribution in [0.4, 0.5) is 0 Å². The largest absolute Gasteiger partial charge is 0.376 e. The van der Waals surface area contributed by atoms with Crippen molar-refractivity contribution in [2.45, 2.75) is 19.6 Å². The maximum Gasteiger partial charge on any atom is 0.105 e. The minimum atomic E-state index is 0.206. The Bertz CT molecular complexity index is 308. The molecule has 0 spiro atoms. The summed E-state index contributed by atoms with van der Waals surface area (Å²) < 4.78 is 13.0. The van der Waals surface area contributed by atoms with Crippen LogP contribution >= 0.6 is 0 Å². The first-order chi connectivity index (χ1) is 7.86. The van der Waals surface area contributed by atoms with Gasteiger partial charge in [0.2, 0.25) is 0 Å². The highest BCUT2D eigenvalue weighted by Gasteiger charge is 2.13. The van der Waals surface area contributed by atoms with Crippen molar-refractivity contribution in [2.24, 2.45) is 0 Å². The molecule has 0 amide bonds. The number of rotatable bonds is 5. The van der Waals surface area contributed by atoms with Crippen LogP contribution in [0.5, 0.6) is 0 Å². The standard InChI is InChI=1S/C11H19N3O2/c1-10-13-3-5-14(10)4-2-12-8-11-9-15-6-7-16-11/h3,5,11-12H,2,4,6-9H2,1H3. The van der Waals surface area contributed by atoms with E-state index in [0.29, 0.717) is 13.2 Å². The lowest BCUT2D eigenvalue weighted by molar-refractivity contribution is -0.0863. The van der Waals surface area contributed by atoms with Crippen molar-refractivity contribution in [3.8, 4) is 0 Å². The molecule has 1 saturated heterocycles. The molecule has 0 radical (unpaired) electrons. The highest BCUT2D eigenvalue weighted by atomic mass is 16.6. The summed E-state index contributed by atoms with van der Waals surface area (Å²) in [5, 5.41) is 3.37. The lowest BCUT2D eigenvalue weighted by atomic mass is 10.3. The van der Waals surface area contributed by atoms with E-state index in [9.17, 15) is 0 Å². The molecule has 1 N–H and O–H groups in total. The summed E-state index contributed by atoms with van der Waals surface area (Å²) in [6.07, 6.45) is 4.03. The Morgan fingerprint density at radius 3 is 3.19 bits per heavy atom. The molecule has 2 heterocycles. The molecular formula is C11H19N3O2. The average molecular weight is 225 g/mol. The van der Waals surface area contributed by atoms with E-state index in [1.54, 1.807) is 0 Å². The van der Waals surface area contributed by atoms with Crippen LogP contribution in [0.3, 0.4) is 0 Å². The summed E-state index contributed by atoms with van der Waals surface area (Å²) >= 11 is 0. The van der Waals surface area contributed by atoms with Gasteiger partial charge in [-0.3, -0.25) is 0 Å². The summed E-state index contributed by atoms with van der Waals surface area (Å²) in [5.41, 5.74) is 0. The van der Waals surface area contributed by atoms with Crippen LogP contribution in [0.15, 0.2) is 12.4 Å². The molecule has 1 aromatic heterocycles. The lowest BCUT2D eigenvalue weighted by Gasteiger charge is -2.23. The maximum atomic E-state index is 5.53. The first kappa shape index (κ1) is 11.6. The van der Waals surface area contributed by atoms with Gasteiger partial charge in [0, 0.05) is 32.0 Å². The summed E-state index contributed by atoms with van der Waals surface area (Å²) in [6, 6.07) is 0. The predicted octanol–water partition coefficient (Wildman–Crippen LogP) is 0.197. The Kier molecular flexibility index (Phi) is 4.33. The molecule has 1 unspecified atom stereocenters. The van der Waals surface area contributed by atoms with Crippen LogP contribution in [0, 0.1) is 6.92 Å². The van der Waals surface area contributed by atoms with Crippen LogP contribution in [-0.2, 0) is 16.0 Å². The van der Waals surface area contributed by atoms with Gasteiger partial charge in [0.15, 0.2) is 0 Å². The molecule has 0 bridgehead atoms. The van der Waals surface area contributed by atoms with E-state index in [2.05, 4.69) is 14.9 Å². The van der Waals surface area contributed by atoms with Crippen LogP contribution in [0.1, 0.15) is 5.82 Å². The van der Waals surface area contributed by atoms with Crippen LogP contribution in [0.25, 0.3) is 0 Å². The zero-order valence-corrected chi connectivity index (χ0v) is 9.69.